The third-order valence-electron chi connectivity index (χ3n) is 3.46. The van der Waals surface area contributed by atoms with E-state index in [1.807, 2.05) is 18.2 Å². The van der Waals surface area contributed by atoms with Gasteiger partial charge in [-0.2, -0.15) is 0 Å². The van der Waals surface area contributed by atoms with Gasteiger partial charge in [-0.15, -0.1) is 0 Å². The van der Waals surface area contributed by atoms with Crippen molar-refractivity contribution in [1.29, 1.82) is 0 Å². The van der Waals surface area contributed by atoms with Crippen LogP contribution in [0.15, 0.2) is 24.3 Å². The molecule has 0 radical (unpaired) electrons. The molecule has 1 aromatic carbocycles. The molecule has 1 saturated carbocycles. The highest BCUT2D eigenvalue weighted by Gasteiger charge is 2.19. The summed E-state index contributed by atoms with van der Waals surface area (Å²) in [5, 5.41) is 0. The second-order valence-electron chi connectivity index (χ2n) is 4.66. The van der Waals surface area contributed by atoms with Crippen LogP contribution in [0.4, 0.5) is 0 Å². The molecule has 0 amide bonds. The van der Waals surface area contributed by atoms with Crippen molar-refractivity contribution >= 4 is 0 Å². The van der Waals surface area contributed by atoms with E-state index in [1.54, 1.807) is 0 Å². The van der Waals surface area contributed by atoms with Gasteiger partial charge in [-0.25, -0.2) is 0 Å². The van der Waals surface area contributed by atoms with Crippen LogP contribution in [0, 0.1) is 5.92 Å². The molecule has 0 aromatic heterocycles. The highest BCUT2D eigenvalue weighted by atomic mass is 16.5. The average Bonchev–Trinajstić information content (AvgIpc) is 2.26. The van der Waals surface area contributed by atoms with Gasteiger partial charge < -0.3 is 10.5 Å². The Bertz CT molecular complexity index is 333. The van der Waals surface area contributed by atoms with Crippen molar-refractivity contribution in [3.63, 3.8) is 0 Å². The van der Waals surface area contributed by atoms with Crippen LogP contribution < -0.4 is 10.5 Å². The standard InChI is InChI=1S/C14H21NO/c1-2-13(15)12-8-3-4-9-14(12)16-10-11-6-5-7-11/h3-4,8-9,11,13H,2,5-7,10,15H2,1H3/t13-/m0/s1. The maximum Gasteiger partial charge on any atom is 0.124 e. The van der Waals surface area contributed by atoms with Gasteiger partial charge in [0.05, 0.1) is 6.61 Å². The first-order valence-electron chi connectivity index (χ1n) is 6.28. The Morgan fingerprint density at radius 1 is 1.38 bits per heavy atom. The molecule has 88 valence electrons. The Hall–Kier alpha value is -1.02. The lowest BCUT2D eigenvalue weighted by atomic mass is 9.86. The normalized spacial score (nSPS) is 17.9. The fourth-order valence-electron chi connectivity index (χ4n) is 2.01. The second-order valence-corrected chi connectivity index (χ2v) is 4.66. The van der Waals surface area contributed by atoms with Crippen molar-refractivity contribution in [1.82, 2.24) is 0 Å². The zero-order chi connectivity index (χ0) is 11.4. The van der Waals surface area contributed by atoms with Gasteiger partial charge >= 0.3 is 0 Å². The largest absolute Gasteiger partial charge is 0.493 e. The van der Waals surface area contributed by atoms with Crippen LogP contribution in [0.3, 0.4) is 0 Å². The molecule has 1 aliphatic carbocycles. The summed E-state index contributed by atoms with van der Waals surface area (Å²) >= 11 is 0. The maximum absolute atomic E-state index is 6.07. The molecule has 1 atom stereocenters. The molecule has 1 aromatic rings. The maximum atomic E-state index is 6.07. The van der Waals surface area contributed by atoms with E-state index in [9.17, 15) is 0 Å². The van der Waals surface area contributed by atoms with Crippen LogP contribution in [-0.4, -0.2) is 6.61 Å². The minimum atomic E-state index is 0.0950. The number of ether oxygens (including phenoxy) is 1. The van der Waals surface area contributed by atoms with Gasteiger partial charge in [0.1, 0.15) is 5.75 Å². The van der Waals surface area contributed by atoms with Crippen LogP contribution in [0.2, 0.25) is 0 Å². The summed E-state index contributed by atoms with van der Waals surface area (Å²) in [7, 11) is 0. The predicted molar refractivity (Wildman–Crippen MR) is 66.5 cm³/mol. The summed E-state index contributed by atoms with van der Waals surface area (Å²) in [5.74, 6) is 1.75. The van der Waals surface area contributed by atoms with Crippen molar-refractivity contribution in [2.45, 2.75) is 38.6 Å². The third kappa shape index (κ3) is 2.56. The van der Waals surface area contributed by atoms with E-state index in [2.05, 4.69) is 13.0 Å². The van der Waals surface area contributed by atoms with Gasteiger partial charge in [-0.1, -0.05) is 31.5 Å². The smallest absolute Gasteiger partial charge is 0.124 e. The molecular formula is C14H21NO. The van der Waals surface area contributed by atoms with Crippen LogP contribution in [0.5, 0.6) is 5.75 Å². The Balaban J connectivity index is 2.00. The number of benzene rings is 1. The monoisotopic (exact) mass is 219 g/mol. The molecule has 0 unspecified atom stereocenters. The Labute approximate surface area is 97.8 Å². The molecule has 16 heavy (non-hydrogen) atoms. The first kappa shape index (κ1) is 11.5. The fourth-order valence-corrected chi connectivity index (χ4v) is 2.01. The van der Waals surface area contributed by atoms with Crippen molar-refractivity contribution in [2.24, 2.45) is 11.7 Å². The quantitative estimate of drug-likeness (QED) is 0.824. The molecule has 2 rings (SSSR count). The molecule has 2 heteroatoms. The number of hydrogen-bond acceptors (Lipinski definition) is 2. The van der Waals surface area contributed by atoms with Crippen LogP contribution >= 0.6 is 0 Å². The van der Waals surface area contributed by atoms with Gasteiger partial charge in [0.2, 0.25) is 0 Å². The first-order valence-corrected chi connectivity index (χ1v) is 6.28. The number of para-hydroxylation sites is 1. The summed E-state index contributed by atoms with van der Waals surface area (Å²) in [6, 6.07) is 8.24. The second kappa shape index (κ2) is 5.35. The Morgan fingerprint density at radius 3 is 2.75 bits per heavy atom. The lowest BCUT2D eigenvalue weighted by Crippen LogP contribution is -2.20. The van der Waals surface area contributed by atoms with Crippen molar-refractivity contribution < 1.29 is 4.74 Å². The summed E-state index contributed by atoms with van der Waals surface area (Å²) in [5.41, 5.74) is 7.21. The summed E-state index contributed by atoms with van der Waals surface area (Å²) in [4.78, 5) is 0. The molecule has 0 aliphatic heterocycles. The lowest BCUT2D eigenvalue weighted by molar-refractivity contribution is 0.179. The van der Waals surface area contributed by atoms with Gasteiger partial charge in [0.15, 0.2) is 0 Å². The SMILES string of the molecule is CC[C@H](N)c1ccccc1OCC1CCC1. The van der Waals surface area contributed by atoms with Crippen molar-refractivity contribution in [3.8, 4) is 5.75 Å². The fraction of sp³-hybridized carbons (Fsp3) is 0.571. The van der Waals surface area contributed by atoms with Crippen LogP contribution in [0.1, 0.15) is 44.2 Å². The van der Waals surface area contributed by atoms with E-state index in [0.717, 1.165) is 30.3 Å². The number of rotatable bonds is 5. The highest BCUT2D eigenvalue weighted by Crippen LogP contribution is 2.30. The molecule has 2 nitrogen and oxygen atoms in total. The number of hydrogen-bond donors (Lipinski definition) is 1. The third-order valence-corrected chi connectivity index (χ3v) is 3.46. The highest BCUT2D eigenvalue weighted by molar-refractivity contribution is 5.35. The van der Waals surface area contributed by atoms with E-state index >= 15 is 0 Å². The van der Waals surface area contributed by atoms with Gasteiger partial charge in [-0.05, 0) is 31.2 Å². The van der Waals surface area contributed by atoms with Crippen molar-refractivity contribution in [2.75, 3.05) is 6.61 Å². The first-order chi connectivity index (χ1) is 7.81. The summed E-state index contributed by atoms with van der Waals surface area (Å²) in [6.07, 6.45) is 4.96. The van der Waals surface area contributed by atoms with Gasteiger partial charge in [-0.3, -0.25) is 0 Å². The topological polar surface area (TPSA) is 35.2 Å². The van der Waals surface area contributed by atoms with Crippen molar-refractivity contribution in [3.05, 3.63) is 29.8 Å². The summed E-state index contributed by atoms with van der Waals surface area (Å²) in [6.45, 7) is 2.96. The molecular weight excluding hydrogens is 198 g/mol. The molecule has 0 bridgehead atoms. The molecule has 1 fully saturated rings. The zero-order valence-electron chi connectivity index (χ0n) is 9.99. The molecule has 0 spiro atoms. The van der Waals surface area contributed by atoms with Gasteiger partial charge in [0, 0.05) is 11.6 Å². The van der Waals surface area contributed by atoms with E-state index < -0.39 is 0 Å². The zero-order valence-corrected chi connectivity index (χ0v) is 9.99. The summed E-state index contributed by atoms with van der Waals surface area (Å²) < 4.78 is 5.88. The number of nitrogens with two attached hydrogens (primary N) is 1. The molecule has 2 N–H and O–H groups in total. The lowest BCUT2D eigenvalue weighted by Gasteiger charge is -2.26. The van der Waals surface area contributed by atoms with E-state index in [-0.39, 0.29) is 6.04 Å². The minimum Gasteiger partial charge on any atom is -0.493 e. The van der Waals surface area contributed by atoms with E-state index in [1.165, 1.54) is 19.3 Å². The van der Waals surface area contributed by atoms with Crippen LogP contribution in [0.25, 0.3) is 0 Å². The van der Waals surface area contributed by atoms with E-state index in [0.29, 0.717) is 0 Å². The average molecular weight is 219 g/mol. The molecule has 1 aliphatic rings. The predicted octanol–water partition coefficient (Wildman–Crippen LogP) is 3.28. The van der Waals surface area contributed by atoms with Crippen LogP contribution in [-0.2, 0) is 0 Å². The van der Waals surface area contributed by atoms with E-state index in [4.69, 9.17) is 10.5 Å². The van der Waals surface area contributed by atoms with Gasteiger partial charge in [0.25, 0.3) is 0 Å². The molecule has 0 heterocycles. The Morgan fingerprint density at radius 2 is 2.12 bits per heavy atom. The molecule has 0 saturated heterocycles. The minimum absolute atomic E-state index is 0.0950. The Kier molecular flexibility index (Phi) is 3.83.